The van der Waals surface area contributed by atoms with E-state index in [4.69, 9.17) is 9.47 Å². The second-order valence-electron chi connectivity index (χ2n) is 9.45. The number of carbonyl (C=O) groups excluding carboxylic acids is 1. The van der Waals surface area contributed by atoms with E-state index in [0.29, 0.717) is 5.92 Å². The summed E-state index contributed by atoms with van der Waals surface area (Å²) in [5, 5.41) is 0. The first-order chi connectivity index (χ1) is 13.8. The molecule has 2 aliphatic heterocycles. The molecule has 2 aliphatic rings. The van der Waals surface area contributed by atoms with Crippen LogP contribution in [0.1, 0.15) is 64.5 Å². The van der Waals surface area contributed by atoms with E-state index in [1.165, 1.54) is 17.5 Å². The predicted octanol–water partition coefficient (Wildman–Crippen LogP) is 4.87. The Bertz CT molecular complexity index is 675. The molecule has 0 saturated carbocycles. The largest absolute Gasteiger partial charge is 0.494 e. The Morgan fingerprint density at radius 3 is 2.59 bits per heavy atom. The maximum Gasteiger partial charge on any atom is 0.410 e. The fourth-order valence-electron chi connectivity index (χ4n) is 4.24. The molecule has 0 N–H and O–H groups in total. The van der Waals surface area contributed by atoms with E-state index in [0.717, 1.165) is 70.8 Å². The fourth-order valence-corrected chi connectivity index (χ4v) is 4.24. The number of ether oxygens (including phenoxy) is 2. The zero-order valence-corrected chi connectivity index (χ0v) is 18.7. The lowest BCUT2D eigenvalue weighted by atomic mass is 9.92. The smallest absolute Gasteiger partial charge is 0.410 e. The van der Waals surface area contributed by atoms with Gasteiger partial charge in [-0.05, 0) is 88.6 Å². The summed E-state index contributed by atoms with van der Waals surface area (Å²) < 4.78 is 11.5. The van der Waals surface area contributed by atoms with Gasteiger partial charge in [0.05, 0.1) is 6.61 Å². The standard InChI is InChI=1S/C24H38N2O3/c1-5-25-13-12-20-17-22(9-8-21(20)18-25)28-16-6-7-19-10-14-26(15-11-19)23(27)29-24(2,3)4/h8-9,17,19H,5-7,10-16,18H2,1-4H3. The molecular formula is C24H38N2O3. The van der Waals surface area contributed by atoms with Crippen LogP contribution in [0.3, 0.4) is 0 Å². The maximum absolute atomic E-state index is 12.2. The summed E-state index contributed by atoms with van der Waals surface area (Å²) >= 11 is 0. The van der Waals surface area contributed by atoms with Gasteiger partial charge >= 0.3 is 6.09 Å². The van der Waals surface area contributed by atoms with Crippen LogP contribution in [0.5, 0.6) is 5.75 Å². The van der Waals surface area contributed by atoms with Crippen molar-refractivity contribution in [3.05, 3.63) is 29.3 Å². The van der Waals surface area contributed by atoms with Crippen molar-refractivity contribution in [2.24, 2.45) is 5.92 Å². The highest BCUT2D eigenvalue weighted by molar-refractivity contribution is 5.68. The van der Waals surface area contributed by atoms with Crippen molar-refractivity contribution >= 4 is 6.09 Å². The number of likely N-dealkylation sites (tertiary alicyclic amines) is 1. The van der Waals surface area contributed by atoms with Gasteiger partial charge < -0.3 is 14.4 Å². The first-order valence-electron chi connectivity index (χ1n) is 11.3. The van der Waals surface area contributed by atoms with Gasteiger partial charge in [0, 0.05) is 26.2 Å². The van der Waals surface area contributed by atoms with Crippen molar-refractivity contribution in [3.63, 3.8) is 0 Å². The molecule has 0 radical (unpaired) electrons. The van der Waals surface area contributed by atoms with Crippen LogP contribution in [-0.4, -0.2) is 54.3 Å². The molecule has 0 aromatic heterocycles. The Morgan fingerprint density at radius 1 is 1.14 bits per heavy atom. The maximum atomic E-state index is 12.2. The summed E-state index contributed by atoms with van der Waals surface area (Å²) in [5.41, 5.74) is 2.47. The number of nitrogens with zero attached hydrogens (tertiary/aromatic N) is 2. The molecule has 1 aromatic rings. The highest BCUT2D eigenvalue weighted by atomic mass is 16.6. The summed E-state index contributed by atoms with van der Waals surface area (Å²) in [6, 6.07) is 6.60. The van der Waals surface area contributed by atoms with Crippen LogP contribution in [0.2, 0.25) is 0 Å². The lowest BCUT2D eigenvalue weighted by molar-refractivity contribution is 0.0179. The van der Waals surface area contributed by atoms with Crippen LogP contribution >= 0.6 is 0 Å². The van der Waals surface area contributed by atoms with Crippen LogP contribution in [0.25, 0.3) is 0 Å². The third-order valence-corrected chi connectivity index (χ3v) is 6.01. The molecular weight excluding hydrogens is 364 g/mol. The molecule has 2 heterocycles. The van der Waals surface area contributed by atoms with E-state index in [2.05, 4.69) is 30.0 Å². The van der Waals surface area contributed by atoms with Crippen molar-refractivity contribution in [1.82, 2.24) is 9.80 Å². The summed E-state index contributed by atoms with van der Waals surface area (Å²) in [5.74, 6) is 1.69. The van der Waals surface area contributed by atoms with Gasteiger partial charge in [-0.3, -0.25) is 4.90 Å². The Labute approximate surface area is 176 Å². The molecule has 1 fully saturated rings. The zero-order valence-electron chi connectivity index (χ0n) is 18.7. The Balaban J connectivity index is 1.34. The van der Waals surface area contributed by atoms with Crippen molar-refractivity contribution < 1.29 is 14.3 Å². The van der Waals surface area contributed by atoms with Gasteiger partial charge in [0.2, 0.25) is 0 Å². The number of carbonyl (C=O) groups is 1. The molecule has 5 heteroatoms. The quantitative estimate of drug-likeness (QED) is 0.637. The number of amides is 1. The highest BCUT2D eigenvalue weighted by Crippen LogP contribution is 2.26. The fraction of sp³-hybridized carbons (Fsp3) is 0.708. The van der Waals surface area contributed by atoms with Gasteiger partial charge in [-0.25, -0.2) is 4.79 Å². The Hall–Kier alpha value is -1.75. The predicted molar refractivity (Wildman–Crippen MR) is 116 cm³/mol. The van der Waals surface area contributed by atoms with E-state index >= 15 is 0 Å². The highest BCUT2D eigenvalue weighted by Gasteiger charge is 2.26. The molecule has 162 valence electrons. The summed E-state index contributed by atoms with van der Waals surface area (Å²) in [7, 11) is 0. The SMILES string of the molecule is CCN1CCc2cc(OCCCC3CCN(C(=O)OC(C)(C)C)CC3)ccc2C1. The van der Waals surface area contributed by atoms with E-state index in [-0.39, 0.29) is 6.09 Å². The number of benzene rings is 1. The van der Waals surface area contributed by atoms with Gasteiger partial charge in [-0.15, -0.1) is 0 Å². The van der Waals surface area contributed by atoms with Gasteiger partial charge in [-0.2, -0.15) is 0 Å². The van der Waals surface area contributed by atoms with E-state index < -0.39 is 5.60 Å². The van der Waals surface area contributed by atoms with Crippen molar-refractivity contribution in [3.8, 4) is 5.75 Å². The van der Waals surface area contributed by atoms with Gasteiger partial charge in [-0.1, -0.05) is 13.0 Å². The number of likely N-dealkylation sites (N-methyl/N-ethyl adjacent to an activating group) is 1. The monoisotopic (exact) mass is 402 g/mol. The molecule has 1 amide bonds. The summed E-state index contributed by atoms with van der Waals surface area (Å²) in [6.45, 7) is 13.7. The third kappa shape index (κ3) is 6.63. The zero-order chi connectivity index (χ0) is 20.9. The molecule has 0 atom stereocenters. The molecule has 0 bridgehead atoms. The third-order valence-electron chi connectivity index (χ3n) is 6.01. The topological polar surface area (TPSA) is 42.0 Å². The lowest BCUT2D eigenvalue weighted by Crippen LogP contribution is -2.41. The number of piperidine rings is 1. The van der Waals surface area contributed by atoms with E-state index in [1.807, 2.05) is 25.7 Å². The van der Waals surface area contributed by atoms with Crippen molar-refractivity contribution in [1.29, 1.82) is 0 Å². The van der Waals surface area contributed by atoms with Gasteiger partial charge in [0.25, 0.3) is 0 Å². The van der Waals surface area contributed by atoms with Gasteiger partial charge in [0.1, 0.15) is 11.4 Å². The average molecular weight is 403 g/mol. The van der Waals surface area contributed by atoms with Crippen LogP contribution in [0, 0.1) is 5.92 Å². The molecule has 1 aromatic carbocycles. The van der Waals surface area contributed by atoms with Crippen LogP contribution in [-0.2, 0) is 17.7 Å². The minimum Gasteiger partial charge on any atom is -0.494 e. The Morgan fingerprint density at radius 2 is 1.90 bits per heavy atom. The molecule has 1 saturated heterocycles. The molecule has 0 unspecified atom stereocenters. The van der Waals surface area contributed by atoms with Crippen LogP contribution < -0.4 is 4.74 Å². The Kier molecular flexibility index (Phi) is 7.44. The lowest BCUT2D eigenvalue weighted by Gasteiger charge is -2.33. The van der Waals surface area contributed by atoms with Crippen molar-refractivity contribution in [2.45, 2.75) is 71.9 Å². The van der Waals surface area contributed by atoms with E-state index in [9.17, 15) is 4.79 Å². The minimum absolute atomic E-state index is 0.172. The molecule has 29 heavy (non-hydrogen) atoms. The second kappa shape index (κ2) is 9.84. The minimum atomic E-state index is -0.419. The second-order valence-corrected chi connectivity index (χ2v) is 9.45. The number of rotatable bonds is 6. The number of hydrogen-bond acceptors (Lipinski definition) is 4. The molecule has 0 spiro atoms. The average Bonchev–Trinajstić information content (AvgIpc) is 2.70. The van der Waals surface area contributed by atoms with Crippen molar-refractivity contribution in [2.75, 3.05) is 32.8 Å². The first kappa shape index (κ1) is 21.9. The van der Waals surface area contributed by atoms with Gasteiger partial charge in [0.15, 0.2) is 0 Å². The number of fused-ring (bicyclic) bond motifs is 1. The molecule has 5 nitrogen and oxygen atoms in total. The van der Waals surface area contributed by atoms with Crippen LogP contribution in [0.15, 0.2) is 18.2 Å². The van der Waals surface area contributed by atoms with Crippen LogP contribution in [0.4, 0.5) is 4.79 Å². The molecule has 0 aliphatic carbocycles. The summed E-state index contributed by atoms with van der Waals surface area (Å²) in [6.07, 6.45) is 5.30. The summed E-state index contributed by atoms with van der Waals surface area (Å²) in [4.78, 5) is 16.5. The first-order valence-corrected chi connectivity index (χ1v) is 11.3. The molecule has 3 rings (SSSR count). The normalized spacial score (nSPS) is 18.4. The van der Waals surface area contributed by atoms with E-state index in [1.54, 1.807) is 0 Å². The number of hydrogen-bond donors (Lipinski definition) is 0.